The molecule has 9 nitrogen and oxygen atoms in total. The third kappa shape index (κ3) is 7.60. The van der Waals surface area contributed by atoms with Gasteiger partial charge in [0.15, 0.2) is 6.10 Å². The molecule has 37 heavy (non-hydrogen) atoms. The molecule has 0 spiro atoms. The van der Waals surface area contributed by atoms with E-state index in [4.69, 9.17) is 8.92 Å². The zero-order valence-electron chi connectivity index (χ0n) is 21.1. The van der Waals surface area contributed by atoms with Gasteiger partial charge in [-0.05, 0) is 43.3 Å². The maximum Gasteiger partial charge on any atom is 0.297 e. The van der Waals surface area contributed by atoms with E-state index in [-0.39, 0.29) is 17.0 Å². The Labute approximate surface area is 218 Å². The number of nitrogens with zero attached hydrogens (tertiary/aromatic N) is 1. The van der Waals surface area contributed by atoms with Crippen molar-refractivity contribution in [3.05, 3.63) is 95.6 Å². The largest absolute Gasteiger partial charge is 0.726 e. The van der Waals surface area contributed by atoms with E-state index >= 15 is 0 Å². The maximum atomic E-state index is 12.7. The van der Waals surface area contributed by atoms with Gasteiger partial charge in [-0.3, -0.25) is 8.37 Å². The van der Waals surface area contributed by atoms with Crippen LogP contribution in [-0.2, 0) is 28.9 Å². The van der Waals surface area contributed by atoms with Crippen molar-refractivity contribution in [3.63, 3.8) is 0 Å². The van der Waals surface area contributed by atoms with Crippen LogP contribution in [0.1, 0.15) is 22.7 Å². The van der Waals surface area contributed by atoms with Crippen molar-refractivity contribution < 1.29 is 39.0 Å². The highest BCUT2D eigenvalue weighted by atomic mass is 32.3. The lowest BCUT2D eigenvalue weighted by molar-refractivity contribution is -0.976. The number of hydrogen-bond donors (Lipinski definition) is 0. The van der Waals surface area contributed by atoms with Crippen LogP contribution in [-0.4, -0.2) is 66.3 Å². The minimum absolute atomic E-state index is 0.0778. The zero-order valence-corrected chi connectivity index (χ0v) is 22.7. The molecule has 200 valence electrons. The summed E-state index contributed by atoms with van der Waals surface area (Å²) in [6.07, 6.45) is -0.347. The Morgan fingerprint density at radius 1 is 0.838 bits per heavy atom. The van der Waals surface area contributed by atoms with Crippen molar-refractivity contribution in [2.75, 3.05) is 34.4 Å². The Morgan fingerprint density at radius 2 is 1.35 bits per heavy atom. The molecule has 3 aromatic carbocycles. The van der Waals surface area contributed by atoms with Gasteiger partial charge in [0.2, 0.25) is 10.4 Å². The molecule has 0 aromatic heterocycles. The zero-order chi connectivity index (χ0) is 27.3. The van der Waals surface area contributed by atoms with E-state index in [9.17, 15) is 21.4 Å². The highest BCUT2D eigenvalue weighted by Gasteiger charge is 2.49. The first-order valence-electron chi connectivity index (χ1n) is 11.4. The fourth-order valence-corrected chi connectivity index (χ4v) is 5.48. The van der Waals surface area contributed by atoms with Gasteiger partial charge in [-0.25, -0.2) is 8.42 Å². The Bertz CT molecular complexity index is 1370. The Balaban J connectivity index is 0.000000568. The SMILES string of the molecule is COS(=O)(=O)[O-].COc1ccc(C(c2ccccc2)[N+]2(C)CC(OS(=O)(=O)c3ccc(C)cc3)C2)cc1. The summed E-state index contributed by atoms with van der Waals surface area (Å²) < 4.78 is 68.0. The van der Waals surface area contributed by atoms with Crippen LogP contribution in [0.2, 0.25) is 0 Å². The maximum absolute atomic E-state index is 12.7. The number of aryl methyl sites for hydroxylation is 1. The molecular weight excluding hydrogens is 518 g/mol. The Hall–Kier alpha value is -2.80. The molecule has 0 N–H and O–H groups in total. The third-order valence-electron chi connectivity index (χ3n) is 6.19. The van der Waals surface area contributed by atoms with E-state index in [1.165, 1.54) is 5.56 Å². The molecular formula is C26H31NO8S2. The normalized spacial score (nSPS) is 20.2. The number of methoxy groups -OCH3 is 1. The van der Waals surface area contributed by atoms with Gasteiger partial charge in [-0.2, -0.15) is 8.42 Å². The molecule has 1 aliphatic heterocycles. The van der Waals surface area contributed by atoms with Crippen molar-refractivity contribution in [1.82, 2.24) is 0 Å². The monoisotopic (exact) mass is 549 g/mol. The smallest absolute Gasteiger partial charge is 0.297 e. The molecule has 1 saturated heterocycles. The molecule has 1 fully saturated rings. The van der Waals surface area contributed by atoms with Crippen molar-refractivity contribution in [2.24, 2.45) is 0 Å². The van der Waals surface area contributed by atoms with Crippen molar-refractivity contribution in [3.8, 4) is 5.75 Å². The first-order valence-corrected chi connectivity index (χ1v) is 14.2. The quantitative estimate of drug-likeness (QED) is 0.182. The van der Waals surface area contributed by atoms with E-state index in [0.717, 1.165) is 24.0 Å². The predicted molar refractivity (Wildman–Crippen MR) is 137 cm³/mol. The van der Waals surface area contributed by atoms with E-state index in [2.05, 4.69) is 35.5 Å². The van der Waals surface area contributed by atoms with Crippen LogP contribution in [0.15, 0.2) is 83.8 Å². The van der Waals surface area contributed by atoms with Gasteiger partial charge in [-0.15, -0.1) is 0 Å². The molecule has 0 bridgehead atoms. The van der Waals surface area contributed by atoms with Crippen molar-refractivity contribution in [1.29, 1.82) is 0 Å². The molecule has 0 aliphatic carbocycles. The number of rotatable bonds is 8. The first kappa shape index (κ1) is 28.8. The van der Waals surface area contributed by atoms with E-state index < -0.39 is 20.5 Å². The number of hydrogen-bond acceptors (Lipinski definition) is 8. The number of likely N-dealkylation sites (N-methyl/N-ethyl adjacent to an activating group) is 1. The Kier molecular flexibility index (Phi) is 9.11. The molecule has 4 rings (SSSR count). The van der Waals surface area contributed by atoms with Gasteiger partial charge in [0.25, 0.3) is 10.1 Å². The van der Waals surface area contributed by atoms with Gasteiger partial charge in [0.05, 0.1) is 26.2 Å². The number of benzene rings is 3. The van der Waals surface area contributed by atoms with E-state index in [1.807, 2.05) is 37.3 Å². The lowest BCUT2D eigenvalue weighted by Gasteiger charge is -2.51. The molecule has 0 radical (unpaired) electrons. The minimum Gasteiger partial charge on any atom is -0.726 e. The Morgan fingerprint density at radius 3 is 1.84 bits per heavy atom. The van der Waals surface area contributed by atoms with Crippen LogP contribution in [0.25, 0.3) is 0 Å². The summed E-state index contributed by atoms with van der Waals surface area (Å²) >= 11 is 0. The molecule has 1 unspecified atom stereocenters. The fraction of sp³-hybridized carbons (Fsp3) is 0.308. The molecule has 1 heterocycles. The second-order valence-corrected chi connectivity index (χ2v) is 11.7. The van der Waals surface area contributed by atoms with E-state index in [0.29, 0.717) is 17.6 Å². The summed E-state index contributed by atoms with van der Waals surface area (Å²) in [6.45, 7) is 3.14. The average molecular weight is 550 g/mol. The van der Waals surface area contributed by atoms with Crippen LogP contribution in [0, 0.1) is 6.92 Å². The summed E-state index contributed by atoms with van der Waals surface area (Å²) in [4.78, 5) is 0.203. The van der Waals surface area contributed by atoms with Crippen LogP contribution in [0.5, 0.6) is 5.75 Å². The summed E-state index contributed by atoms with van der Waals surface area (Å²) in [5.41, 5.74) is 3.36. The second kappa shape index (κ2) is 11.7. The summed E-state index contributed by atoms with van der Waals surface area (Å²) in [5.74, 6) is 0.812. The highest BCUT2D eigenvalue weighted by Crippen LogP contribution is 2.40. The minimum atomic E-state index is -4.41. The highest BCUT2D eigenvalue weighted by molar-refractivity contribution is 7.86. The van der Waals surface area contributed by atoms with Crippen LogP contribution >= 0.6 is 0 Å². The van der Waals surface area contributed by atoms with Gasteiger partial charge in [0, 0.05) is 11.1 Å². The molecule has 3 aromatic rings. The first-order chi connectivity index (χ1) is 17.4. The van der Waals surface area contributed by atoms with Crippen molar-refractivity contribution >= 4 is 20.5 Å². The summed E-state index contributed by atoms with van der Waals surface area (Å²) in [6, 6.07) is 25.3. The standard InChI is InChI=1S/C25H28NO4S.CH4O4S/c1-19-9-15-24(16-10-19)31(27,28)30-23-17-26(2,18-23)25(20-7-5-4-6-8-20)21-11-13-22(29-3)14-12-21;1-5-6(2,3)4/h4-16,23,25H,17-18H2,1-3H3;1H3,(H,2,3,4)/q+1;/p-1. The topological polar surface area (TPSA) is 119 Å². The molecule has 1 atom stereocenters. The molecule has 0 amide bonds. The summed E-state index contributed by atoms with van der Waals surface area (Å²) in [5, 5.41) is 0. The van der Waals surface area contributed by atoms with Crippen LogP contribution < -0.4 is 4.74 Å². The fourth-order valence-electron chi connectivity index (χ4n) is 4.42. The van der Waals surface area contributed by atoms with Crippen molar-refractivity contribution in [2.45, 2.75) is 24.0 Å². The predicted octanol–water partition coefficient (Wildman–Crippen LogP) is 3.42. The van der Waals surface area contributed by atoms with Gasteiger partial charge < -0.3 is 13.8 Å². The lowest BCUT2D eigenvalue weighted by atomic mass is 9.91. The van der Waals surface area contributed by atoms with Crippen LogP contribution in [0.4, 0.5) is 0 Å². The molecule has 11 heteroatoms. The molecule has 0 saturated carbocycles. The second-order valence-electron chi connectivity index (χ2n) is 8.99. The summed E-state index contributed by atoms with van der Waals surface area (Å²) in [7, 11) is -3.57. The lowest BCUT2D eigenvalue weighted by Crippen LogP contribution is -2.66. The van der Waals surface area contributed by atoms with Gasteiger partial charge >= 0.3 is 0 Å². The van der Waals surface area contributed by atoms with Crippen LogP contribution in [0.3, 0.4) is 0 Å². The number of likely N-dealkylation sites (tertiary alicyclic amines) is 1. The number of quaternary nitrogens is 1. The van der Waals surface area contributed by atoms with Gasteiger partial charge in [-0.1, -0.05) is 48.0 Å². The van der Waals surface area contributed by atoms with E-state index in [1.54, 1.807) is 31.4 Å². The van der Waals surface area contributed by atoms with Gasteiger partial charge in [0.1, 0.15) is 24.9 Å². The number of ether oxygens (including phenoxy) is 1. The average Bonchev–Trinajstić information content (AvgIpc) is 2.84. The third-order valence-corrected chi connectivity index (χ3v) is 7.97. The molecule has 1 aliphatic rings.